The molecule has 17 heavy (non-hydrogen) atoms. The van der Waals surface area contributed by atoms with Crippen molar-refractivity contribution in [3.05, 3.63) is 35.8 Å². The highest BCUT2D eigenvalue weighted by molar-refractivity contribution is 5.13. The van der Waals surface area contributed by atoms with Gasteiger partial charge in [0.2, 0.25) is 0 Å². The third kappa shape index (κ3) is 3.74. The zero-order chi connectivity index (χ0) is 11.9. The van der Waals surface area contributed by atoms with E-state index in [9.17, 15) is 0 Å². The van der Waals surface area contributed by atoms with Crippen molar-refractivity contribution in [1.29, 1.82) is 0 Å². The Morgan fingerprint density at radius 3 is 3.06 bits per heavy atom. The molecule has 0 spiro atoms. The van der Waals surface area contributed by atoms with Crippen LogP contribution in [0.4, 0.5) is 0 Å². The first kappa shape index (κ1) is 12.4. The standard InChI is InChI=1S/C15H23NO/c1-16-15(11-10-14-9-6-12-17-14)13-7-4-2-3-5-8-13/h6-7,9,12,15-16H,2-5,8,10-11H2,1H3. The lowest BCUT2D eigenvalue weighted by Crippen LogP contribution is -2.28. The van der Waals surface area contributed by atoms with E-state index in [0.29, 0.717) is 6.04 Å². The molecular weight excluding hydrogens is 210 g/mol. The quantitative estimate of drug-likeness (QED) is 0.785. The van der Waals surface area contributed by atoms with Gasteiger partial charge in [0.25, 0.3) is 0 Å². The van der Waals surface area contributed by atoms with Gasteiger partial charge in [-0.1, -0.05) is 18.1 Å². The maximum absolute atomic E-state index is 5.39. The Labute approximate surface area is 104 Å². The highest BCUT2D eigenvalue weighted by Gasteiger charge is 2.14. The minimum atomic E-state index is 0.526. The Morgan fingerprint density at radius 2 is 2.29 bits per heavy atom. The van der Waals surface area contributed by atoms with E-state index in [1.165, 1.54) is 32.1 Å². The zero-order valence-electron chi connectivity index (χ0n) is 10.7. The van der Waals surface area contributed by atoms with E-state index >= 15 is 0 Å². The molecule has 1 heterocycles. The van der Waals surface area contributed by atoms with E-state index in [2.05, 4.69) is 24.5 Å². The van der Waals surface area contributed by atoms with Gasteiger partial charge >= 0.3 is 0 Å². The highest BCUT2D eigenvalue weighted by atomic mass is 16.3. The topological polar surface area (TPSA) is 25.2 Å². The fourth-order valence-electron chi connectivity index (χ4n) is 2.61. The summed E-state index contributed by atoms with van der Waals surface area (Å²) in [6, 6.07) is 4.56. The molecule has 1 N–H and O–H groups in total. The van der Waals surface area contributed by atoms with Gasteiger partial charge in [-0.3, -0.25) is 0 Å². The molecule has 1 aliphatic carbocycles. The molecule has 0 fully saturated rings. The van der Waals surface area contributed by atoms with Gasteiger partial charge in [0.05, 0.1) is 6.26 Å². The molecule has 0 radical (unpaired) electrons. The van der Waals surface area contributed by atoms with Gasteiger partial charge in [0, 0.05) is 12.5 Å². The minimum absolute atomic E-state index is 0.526. The van der Waals surface area contributed by atoms with Gasteiger partial charge in [-0.2, -0.15) is 0 Å². The Hall–Kier alpha value is -1.02. The van der Waals surface area contributed by atoms with Gasteiger partial charge in [0.15, 0.2) is 0 Å². The normalized spacial score (nSPS) is 18.5. The number of furan rings is 1. The van der Waals surface area contributed by atoms with Crippen molar-refractivity contribution in [2.24, 2.45) is 0 Å². The van der Waals surface area contributed by atoms with Crippen LogP contribution in [0.3, 0.4) is 0 Å². The monoisotopic (exact) mass is 233 g/mol. The number of nitrogens with one attached hydrogen (secondary N) is 1. The Kier molecular flexibility index (Phi) is 4.87. The molecule has 0 amide bonds. The van der Waals surface area contributed by atoms with Gasteiger partial charge in [0.1, 0.15) is 5.76 Å². The minimum Gasteiger partial charge on any atom is -0.469 e. The van der Waals surface area contributed by atoms with E-state index in [4.69, 9.17) is 4.42 Å². The smallest absolute Gasteiger partial charge is 0.103 e. The molecule has 0 bridgehead atoms. The second-order valence-electron chi connectivity index (χ2n) is 4.84. The first-order chi connectivity index (χ1) is 8.40. The first-order valence-electron chi connectivity index (χ1n) is 6.78. The molecule has 1 unspecified atom stereocenters. The molecule has 0 aliphatic heterocycles. The molecule has 2 heteroatoms. The summed E-state index contributed by atoms with van der Waals surface area (Å²) < 4.78 is 5.39. The maximum atomic E-state index is 5.39. The van der Waals surface area contributed by atoms with Crippen molar-refractivity contribution < 1.29 is 4.42 Å². The van der Waals surface area contributed by atoms with Crippen LogP contribution in [0, 0.1) is 0 Å². The number of likely N-dealkylation sites (N-methyl/N-ethyl adjacent to an activating group) is 1. The van der Waals surface area contributed by atoms with E-state index < -0.39 is 0 Å². The molecule has 94 valence electrons. The van der Waals surface area contributed by atoms with Crippen molar-refractivity contribution in [1.82, 2.24) is 5.32 Å². The van der Waals surface area contributed by atoms with Crippen LogP contribution in [0.2, 0.25) is 0 Å². The van der Waals surface area contributed by atoms with E-state index in [1.54, 1.807) is 11.8 Å². The number of aryl methyl sites for hydroxylation is 1. The Balaban J connectivity index is 1.89. The van der Waals surface area contributed by atoms with Crippen molar-refractivity contribution in [3.63, 3.8) is 0 Å². The van der Waals surface area contributed by atoms with Crippen LogP contribution in [0.15, 0.2) is 34.5 Å². The van der Waals surface area contributed by atoms with Gasteiger partial charge in [-0.25, -0.2) is 0 Å². The molecule has 1 aliphatic rings. The Morgan fingerprint density at radius 1 is 1.35 bits per heavy atom. The van der Waals surface area contributed by atoms with Crippen molar-refractivity contribution >= 4 is 0 Å². The average Bonchev–Trinajstić information content (AvgIpc) is 2.72. The fraction of sp³-hybridized carbons (Fsp3) is 0.600. The second-order valence-corrected chi connectivity index (χ2v) is 4.84. The Bertz CT molecular complexity index is 340. The predicted octanol–water partition coefficient (Wildman–Crippen LogP) is 3.69. The third-order valence-corrected chi connectivity index (χ3v) is 3.63. The van der Waals surface area contributed by atoms with Crippen LogP contribution >= 0.6 is 0 Å². The molecule has 0 saturated heterocycles. The van der Waals surface area contributed by atoms with E-state index in [0.717, 1.165) is 18.6 Å². The summed E-state index contributed by atoms with van der Waals surface area (Å²) in [4.78, 5) is 0. The molecule has 1 aromatic heterocycles. The van der Waals surface area contributed by atoms with E-state index in [-0.39, 0.29) is 0 Å². The summed E-state index contributed by atoms with van der Waals surface area (Å²) in [5, 5.41) is 3.45. The third-order valence-electron chi connectivity index (χ3n) is 3.63. The van der Waals surface area contributed by atoms with Crippen LogP contribution in [-0.2, 0) is 6.42 Å². The molecule has 1 atom stereocenters. The molecule has 2 nitrogen and oxygen atoms in total. The van der Waals surface area contributed by atoms with Crippen LogP contribution in [-0.4, -0.2) is 13.1 Å². The molecule has 2 rings (SSSR count). The second kappa shape index (κ2) is 6.65. The first-order valence-corrected chi connectivity index (χ1v) is 6.78. The molecule has 0 aromatic carbocycles. The van der Waals surface area contributed by atoms with Gasteiger partial charge in [-0.15, -0.1) is 0 Å². The van der Waals surface area contributed by atoms with Crippen molar-refractivity contribution in [2.45, 2.75) is 51.0 Å². The zero-order valence-corrected chi connectivity index (χ0v) is 10.7. The summed E-state index contributed by atoms with van der Waals surface area (Å²) in [7, 11) is 2.07. The van der Waals surface area contributed by atoms with Crippen LogP contribution < -0.4 is 5.32 Å². The van der Waals surface area contributed by atoms with Crippen molar-refractivity contribution in [2.75, 3.05) is 7.05 Å². The van der Waals surface area contributed by atoms with Crippen LogP contribution in [0.5, 0.6) is 0 Å². The average molecular weight is 233 g/mol. The van der Waals surface area contributed by atoms with Crippen molar-refractivity contribution in [3.8, 4) is 0 Å². The lowest BCUT2D eigenvalue weighted by molar-refractivity contribution is 0.477. The van der Waals surface area contributed by atoms with E-state index in [1.807, 2.05) is 6.07 Å². The lowest BCUT2D eigenvalue weighted by atomic mass is 9.97. The maximum Gasteiger partial charge on any atom is 0.103 e. The summed E-state index contributed by atoms with van der Waals surface area (Å²) in [5.74, 6) is 1.10. The number of rotatable bonds is 5. The summed E-state index contributed by atoms with van der Waals surface area (Å²) >= 11 is 0. The summed E-state index contributed by atoms with van der Waals surface area (Å²) in [5.41, 5.74) is 1.61. The predicted molar refractivity (Wildman–Crippen MR) is 71.0 cm³/mol. The highest BCUT2D eigenvalue weighted by Crippen LogP contribution is 2.22. The van der Waals surface area contributed by atoms with Gasteiger partial charge in [-0.05, 0) is 51.3 Å². The number of hydrogen-bond donors (Lipinski definition) is 1. The lowest BCUT2D eigenvalue weighted by Gasteiger charge is -2.19. The largest absolute Gasteiger partial charge is 0.469 e. The molecule has 0 saturated carbocycles. The van der Waals surface area contributed by atoms with Crippen LogP contribution in [0.1, 0.15) is 44.3 Å². The number of allylic oxidation sites excluding steroid dienone is 1. The van der Waals surface area contributed by atoms with Gasteiger partial charge < -0.3 is 9.73 Å². The SMILES string of the molecule is CNC(CCc1ccco1)C1=CCCCCC1. The summed E-state index contributed by atoms with van der Waals surface area (Å²) in [6.07, 6.45) is 13.0. The molecule has 1 aromatic rings. The van der Waals surface area contributed by atoms with Crippen LogP contribution in [0.25, 0.3) is 0 Å². The molecular formula is C15H23NO. The summed E-state index contributed by atoms with van der Waals surface area (Å²) in [6.45, 7) is 0. The fourth-order valence-corrected chi connectivity index (χ4v) is 2.61. The number of hydrogen-bond acceptors (Lipinski definition) is 2.